The number of hydrogen-bond donors (Lipinski definition) is 1. The number of nitrogens with one attached hydrogen (secondary N) is 1. The van der Waals surface area contributed by atoms with Crippen molar-refractivity contribution in [1.29, 1.82) is 0 Å². The summed E-state index contributed by atoms with van der Waals surface area (Å²) < 4.78 is 5.58. The van der Waals surface area contributed by atoms with Gasteiger partial charge in [0.1, 0.15) is 0 Å². The highest BCUT2D eigenvalue weighted by atomic mass is 16.5. The lowest BCUT2D eigenvalue weighted by Gasteiger charge is -2.44. The van der Waals surface area contributed by atoms with Crippen molar-refractivity contribution in [3.05, 3.63) is 0 Å². The van der Waals surface area contributed by atoms with E-state index in [9.17, 15) is 0 Å². The molecule has 0 amide bonds. The van der Waals surface area contributed by atoms with Gasteiger partial charge in [-0.15, -0.1) is 0 Å². The molecule has 3 nitrogen and oxygen atoms in total. The standard InChI is InChI=1S/C17H34N2O/c1-2-3-14-20-15-11-18-10-13-19-12-6-8-16-7-4-5-9-17(16)19/h16-18H,2-15H2,1H3. The van der Waals surface area contributed by atoms with Gasteiger partial charge in [0.25, 0.3) is 0 Å². The van der Waals surface area contributed by atoms with Gasteiger partial charge in [-0.3, -0.25) is 4.90 Å². The maximum Gasteiger partial charge on any atom is 0.0590 e. The quantitative estimate of drug-likeness (QED) is 0.658. The minimum absolute atomic E-state index is 0.867. The average molecular weight is 282 g/mol. The van der Waals surface area contributed by atoms with Crippen LogP contribution in [0.2, 0.25) is 0 Å². The van der Waals surface area contributed by atoms with Crippen molar-refractivity contribution in [2.24, 2.45) is 5.92 Å². The molecule has 2 unspecified atom stereocenters. The van der Waals surface area contributed by atoms with E-state index in [0.717, 1.165) is 38.3 Å². The Kier molecular flexibility index (Phi) is 7.92. The van der Waals surface area contributed by atoms with Gasteiger partial charge in [0.15, 0.2) is 0 Å². The molecule has 1 heterocycles. The summed E-state index contributed by atoms with van der Waals surface area (Å²) in [5.41, 5.74) is 0. The topological polar surface area (TPSA) is 24.5 Å². The van der Waals surface area contributed by atoms with E-state index in [1.54, 1.807) is 0 Å². The molecule has 2 atom stereocenters. The summed E-state index contributed by atoms with van der Waals surface area (Å²) in [6, 6.07) is 0.903. The zero-order valence-electron chi connectivity index (χ0n) is 13.4. The molecular weight excluding hydrogens is 248 g/mol. The Balaban J connectivity index is 1.52. The largest absolute Gasteiger partial charge is 0.380 e. The maximum absolute atomic E-state index is 5.58. The van der Waals surface area contributed by atoms with Crippen LogP contribution in [0.25, 0.3) is 0 Å². The van der Waals surface area contributed by atoms with Crippen molar-refractivity contribution in [2.75, 3.05) is 39.4 Å². The van der Waals surface area contributed by atoms with Gasteiger partial charge in [-0.1, -0.05) is 26.2 Å². The van der Waals surface area contributed by atoms with Crippen molar-refractivity contribution in [2.45, 2.75) is 64.3 Å². The predicted octanol–water partition coefficient (Wildman–Crippen LogP) is 3.05. The number of nitrogens with zero attached hydrogens (tertiary/aromatic N) is 1. The van der Waals surface area contributed by atoms with Gasteiger partial charge in [-0.05, 0) is 44.6 Å². The van der Waals surface area contributed by atoms with Crippen LogP contribution >= 0.6 is 0 Å². The summed E-state index contributed by atoms with van der Waals surface area (Å²) in [4.78, 5) is 2.76. The molecule has 1 saturated carbocycles. The highest BCUT2D eigenvalue weighted by Gasteiger charge is 2.32. The van der Waals surface area contributed by atoms with E-state index in [-0.39, 0.29) is 0 Å². The molecule has 0 spiro atoms. The lowest BCUT2D eigenvalue weighted by Crippen LogP contribution is -2.49. The highest BCUT2D eigenvalue weighted by Crippen LogP contribution is 2.34. The number of piperidine rings is 1. The van der Waals surface area contributed by atoms with Crippen molar-refractivity contribution in [3.8, 4) is 0 Å². The first-order chi connectivity index (χ1) is 9.92. The normalized spacial score (nSPS) is 27.4. The van der Waals surface area contributed by atoms with E-state index in [0.29, 0.717) is 0 Å². The molecule has 1 N–H and O–H groups in total. The Morgan fingerprint density at radius 2 is 1.90 bits per heavy atom. The van der Waals surface area contributed by atoms with Gasteiger partial charge < -0.3 is 10.1 Å². The number of ether oxygens (including phenoxy) is 1. The first kappa shape index (κ1) is 16.3. The Bertz CT molecular complexity index is 245. The smallest absolute Gasteiger partial charge is 0.0590 e. The molecule has 2 rings (SSSR count). The number of likely N-dealkylation sites (tertiary alicyclic amines) is 1. The number of rotatable bonds is 9. The van der Waals surface area contributed by atoms with Crippen molar-refractivity contribution in [3.63, 3.8) is 0 Å². The summed E-state index contributed by atoms with van der Waals surface area (Å²) in [6.45, 7) is 8.69. The van der Waals surface area contributed by atoms with Crippen molar-refractivity contribution in [1.82, 2.24) is 10.2 Å². The summed E-state index contributed by atoms with van der Waals surface area (Å²) in [7, 11) is 0. The van der Waals surface area contributed by atoms with Gasteiger partial charge in [0.2, 0.25) is 0 Å². The second-order valence-electron chi connectivity index (χ2n) is 6.51. The van der Waals surface area contributed by atoms with Gasteiger partial charge in [0.05, 0.1) is 6.61 Å². The van der Waals surface area contributed by atoms with Crippen LogP contribution in [-0.2, 0) is 4.74 Å². The molecule has 1 saturated heterocycles. The predicted molar refractivity (Wildman–Crippen MR) is 85.1 cm³/mol. The third kappa shape index (κ3) is 5.34. The molecular formula is C17H34N2O. The molecule has 2 aliphatic rings. The van der Waals surface area contributed by atoms with Crippen LogP contribution in [0.5, 0.6) is 0 Å². The molecule has 0 radical (unpaired) electrons. The number of hydrogen-bond acceptors (Lipinski definition) is 3. The van der Waals surface area contributed by atoms with Gasteiger partial charge in [0, 0.05) is 32.3 Å². The van der Waals surface area contributed by atoms with E-state index in [1.165, 1.54) is 64.5 Å². The van der Waals surface area contributed by atoms with Gasteiger partial charge in [-0.2, -0.15) is 0 Å². The first-order valence-electron chi connectivity index (χ1n) is 8.94. The molecule has 0 aromatic carbocycles. The van der Waals surface area contributed by atoms with Crippen molar-refractivity contribution >= 4 is 0 Å². The van der Waals surface area contributed by atoms with E-state index in [2.05, 4.69) is 17.1 Å². The Morgan fingerprint density at radius 1 is 1.05 bits per heavy atom. The van der Waals surface area contributed by atoms with Crippen LogP contribution in [0.15, 0.2) is 0 Å². The zero-order chi connectivity index (χ0) is 14.0. The average Bonchev–Trinajstić information content (AvgIpc) is 2.50. The molecule has 20 heavy (non-hydrogen) atoms. The van der Waals surface area contributed by atoms with Gasteiger partial charge >= 0.3 is 0 Å². The maximum atomic E-state index is 5.58. The summed E-state index contributed by atoms with van der Waals surface area (Å²) in [6.07, 6.45) is 11.2. The lowest BCUT2D eigenvalue weighted by atomic mass is 9.78. The molecule has 0 aromatic rings. The fraction of sp³-hybridized carbons (Fsp3) is 1.00. The van der Waals surface area contributed by atoms with Gasteiger partial charge in [-0.25, -0.2) is 0 Å². The second-order valence-corrected chi connectivity index (χ2v) is 6.51. The van der Waals surface area contributed by atoms with Crippen LogP contribution in [0.4, 0.5) is 0 Å². The fourth-order valence-electron chi connectivity index (χ4n) is 3.85. The molecule has 1 aliphatic heterocycles. The number of fused-ring (bicyclic) bond motifs is 1. The highest BCUT2D eigenvalue weighted by molar-refractivity contribution is 4.87. The van der Waals surface area contributed by atoms with E-state index in [1.807, 2.05) is 0 Å². The van der Waals surface area contributed by atoms with E-state index < -0.39 is 0 Å². The third-order valence-corrected chi connectivity index (χ3v) is 5.00. The van der Waals surface area contributed by atoms with Crippen LogP contribution in [0.3, 0.4) is 0 Å². The SMILES string of the molecule is CCCCOCCNCCN1CCCC2CCCCC21. The Morgan fingerprint density at radius 3 is 2.80 bits per heavy atom. The third-order valence-electron chi connectivity index (χ3n) is 5.00. The molecule has 118 valence electrons. The zero-order valence-corrected chi connectivity index (χ0v) is 13.4. The summed E-state index contributed by atoms with van der Waals surface area (Å²) in [5, 5.41) is 3.54. The summed E-state index contributed by atoms with van der Waals surface area (Å²) in [5.74, 6) is 1.01. The molecule has 2 fully saturated rings. The Labute approximate surface area is 125 Å². The second kappa shape index (κ2) is 9.75. The van der Waals surface area contributed by atoms with Crippen LogP contribution in [0, 0.1) is 5.92 Å². The fourth-order valence-corrected chi connectivity index (χ4v) is 3.85. The van der Waals surface area contributed by atoms with Crippen LogP contribution < -0.4 is 5.32 Å². The molecule has 0 bridgehead atoms. The minimum atomic E-state index is 0.867. The van der Waals surface area contributed by atoms with Crippen LogP contribution in [-0.4, -0.2) is 50.3 Å². The summed E-state index contributed by atoms with van der Waals surface area (Å²) >= 11 is 0. The molecule has 0 aromatic heterocycles. The first-order valence-corrected chi connectivity index (χ1v) is 8.94. The van der Waals surface area contributed by atoms with E-state index in [4.69, 9.17) is 4.74 Å². The number of unbranched alkanes of at least 4 members (excludes halogenated alkanes) is 1. The van der Waals surface area contributed by atoms with Crippen molar-refractivity contribution < 1.29 is 4.74 Å². The van der Waals surface area contributed by atoms with E-state index >= 15 is 0 Å². The Hall–Kier alpha value is -0.120. The molecule has 3 heteroatoms. The lowest BCUT2D eigenvalue weighted by molar-refractivity contribution is 0.0610. The molecule has 1 aliphatic carbocycles. The minimum Gasteiger partial charge on any atom is -0.380 e. The van der Waals surface area contributed by atoms with Crippen LogP contribution in [0.1, 0.15) is 58.3 Å². The monoisotopic (exact) mass is 282 g/mol.